The van der Waals surface area contributed by atoms with Crippen LogP contribution in [0.5, 0.6) is 0 Å². The molecule has 1 aromatic rings. The molecule has 6 heteroatoms. The summed E-state index contributed by atoms with van der Waals surface area (Å²) in [6.45, 7) is 1.41. The minimum absolute atomic E-state index is 0.0900. The highest BCUT2D eigenvalue weighted by Crippen LogP contribution is 2.27. The molecule has 1 heterocycles. The van der Waals surface area contributed by atoms with E-state index < -0.39 is 12.0 Å². The monoisotopic (exact) mass is 290 g/mol. The van der Waals surface area contributed by atoms with Gasteiger partial charge in [0.1, 0.15) is 6.04 Å². The van der Waals surface area contributed by atoms with E-state index in [2.05, 4.69) is 10.6 Å². The highest BCUT2D eigenvalue weighted by atomic mass is 16.4. The van der Waals surface area contributed by atoms with Crippen molar-refractivity contribution in [1.29, 1.82) is 0 Å². The second kappa shape index (κ2) is 6.39. The van der Waals surface area contributed by atoms with Crippen LogP contribution in [0.25, 0.3) is 0 Å². The molecule has 0 aliphatic carbocycles. The van der Waals surface area contributed by atoms with Crippen molar-refractivity contribution in [2.24, 2.45) is 5.92 Å². The maximum atomic E-state index is 12.0. The van der Waals surface area contributed by atoms with Gasteiger partial charge < -0.3 is 15.7 Å². The maximum absolute atomic E-state index is 12.0. The molecule has 1 aromatic carbocycles. The lowest BCUT2D eigenvalue weighted by molar-refractivity contribution is -0.141. The van der Waals surface area contributed by atoms with E-state index in [0.717, 1.165) is 11.3 Å². The molecule has 3 N–H and O–H groups in total. The Balaban J connectivity index is 1.88. The molecule has 0 radical (unpaired) electrons. The Bertz CT molecular complexity index is 571. The van der Waals surface area contributed by atoms with Crippen LogP contribution in [0.4, 0.5) is 5.69 Å². The van der Waals surface area contributed by atoms with E-state index in [1.807, 2.05) is 24.3 Å². The summed E-state index contributed by atoms with van der Waals surface area (Å²) in [6.07, 6.45) is 1.14. The summed E-state index contributed by atoms with van der Waals surface area (Å²) in [5, 5.41) is 13.9. The smallest absolute Gasteiger partial charge is 0.325 e. The first-order valence-corrected chi connectivity index (χ1v) is 6.88. The van der Waals surface area contributed by atoms with Crippen LogP contribution in [0.1, 0.15) is 25.3 Å². The molecule has 1 aliphatic heterocycles. The molecule has 112 valence electrons. The number of fused-ring (bicyclic) bond motifs is 1. The van der Waals surface area contributed by atoms with Crippen LogP contribution in [0.2, 0.25) is 0 Å². The van der Waals surface area contributed by atoms with Crippen LogP contribution in [-0.4, -0.2) is 28.9 Å². The first kappa shape index (κ1) is 15.0. The number of amides is 2. The standard InChI is InChI=1S/C15H18N2O4/c1-9(15(20)21)16-13(18)7-6-11-8-10-4-2-3-5-12(10)17-14(11)19/h2-5,9,11H,6-8H2,1H3,(H,16,18)(H,17,19)(H,20,21)/t9-,11?/m0/s1. The van der Waals surface area contributed by atoms with Gasteiger partial charge in [0, 0.05) is 18.0 Å². The molecule has 0 spiro atoms. The van der Waals surface area contributed by atoms with Gasteiger partial charge in [0.2, 0.25) is 11.8 Å². The summed E-state index contributed by atoms with van der Waals surface area (Å²) in [5.74, 6) is -1.78. The lowest BCUT2D eigenvalue weighted by atomic mass is 9.89. The molecule has 0 fully saturated rings. The van der Waals surface area contributed by atoms with Crippen molar-refractivity contribution in [2.45, 2.75) is 32.2 Å². The van der Waals surface area contributed by atoms with Crippen molar-refractivity contribution < 1.29 is 19.5 Å². The molecule has 6 nitrogen and oxygen atoms in total. The number of rotatable bonds is 5. The van der Waals surface area contributed by atoms with Gasteiger partial charge in [-0.05, 0) is 31.4 Å². The van der Waals surface area contributed by atoms with Gasteiger partial charge in [-0.3, -0.25) is 14.4 Å². The third kappa shape index (κ3) is 3.81. The number of carboxylic acids is 1. The molecule has 0 bridgehead atoms. The Morgan fingerprint density at radius 3 is 2.86 bits per heavy atom. The molecule has 0 aromatic heterocycles. The van der Waals surface area contributed by atoms with E-state index in [1.54, 1.807) is 0 Å². The van der Waals surface area contributed by atoms with Gasteiger partial charge in [0.05, 0.1) is 0 Å². The van der Waals surface area contributed by atoms with Crippen molar-refractivity contribution in [3.63, 3.8) is 0 Å². The normalized spacial score (nSPS) is 18.3. The third-order valence-electron chi connectivity index (χ3n) is 3.58. The molecule has 2 rings (SSSR count). The van der Waals surface area contributed by atoms with Crippen LogP contribution in [0, 0.1) is 5.92 Å². The number of carbonyl (C=O) groups is 3. The van der Waals surface area contributed by atoms with Crippen LogP contribution in [-0.2, 0) is 20.8 Å². The molecule has 2 atom stereocenters. The fourth-order valence-electron chi connectivity index (χ4n) is 2.33. The molecule has 1 unspecified atom stereocenters. The highest BCUT2D eigenvalue weighted by Gasteiger charge is 2.26. The quantitative estimate of drug-likeness (QED) is 0.758. The summed E-state index contributed by atoms with van der Waals surface area (Å²) in [5.41, 5.74) is 1.88. The predicted octanol–water partition coefficient (Wildman–Crippen LogP) is 1.17. The lowest BCUT2D eigenvalue weighted by Crippen LogP contribution is -2.39. The lowest BCUT2D eigenvalue weighted by Gasteiger charge is -2.24. The van der Waals surface area contributed by atoms with Gasteiger partial charge in [-0.2, -0.15) is 0 Å². The van der Waals surface area contributed by atoms with E-state index in [1.165, 1.54) is 6.92 Å². The van der Waals surface area contributed by atoms with E-state index >= 15 is 0 Å². The van der Waals surface area contributed by atoms with E-state index in [0.29, 0.717) is 12.8 Å². The average molecular weight is 290 g/mol. The van der Waals surface area contributed by atoms with Crippen LogP contribution >= 0.6 is 0 Å². The number of hydrogen-bond acceptors (Lipinski definition) is 3. The number of para-hydroxylation sites is 1. The van der Waals surface area contributed by atoms with Gasteiger partial charge in [-0.25, -0.2) is 0 Å². The second-order valence-electron chi connectivity index (χ2n) is 5.21. The summed E-state index contributed by atoms with van der Waals surface area (Å²) in [4.78, 5) is 34.3. The minimum atomic E-state index is -1.08. The van der Waals surface area contributed by atoms with Crippen molar-refractivity contribution >= 4 is 23.5 Å². The number of benzene rings is 1. The molecule has 1 aliphatic rings. The van der Waals surface area contributed by atoms with Gasteiger partial charge in [-0.15, -0.1) is 0 Å². The average Bonchev–Trinajstić information content (AvgIpc) is 2.44. The van der Waals surface area contributed by atoms with Crippen molar-refractivity contribution in [1.82, 2.24) is 5.32 Å². The molecule has 21 heavy (non-hydrogen) atoms. The van der Waals surface area contributed by atoms with E-state index in [-0.39, 0.29) is 24.2 Å². The SMILES string of the molecule is C[C@H](NC(=O)CCC1Cc2ccccc2NC1=O)C(=O)O. The van der Waals surface area contributed by atoms with Crippen molar-refractivity contribution in [3.05, 3.63) is 29.8 Å². The Morgan fingerprint density at radius 2 is 2.14 bits per heavy atom. The summed E-state index contributed by atoms with van der Waals surface area (Å²) in [6, 6.07) is 6.66. The topological polar surface area (TPSA) is 95.5 Å². The van der Waals surface area contributed by atoms with E-state index in [9.17, 15) is 14.4 Å². The first-order chi connectivity index (χ1) is 9.97. The molecule has 0 saturated heterocycles. The molecule has 0 saturated carbocycles. The molecule has 2 amide bonds. The minimum Gasteiger partial charge on any atom is -0.480 e. The fourth-order valence-corrected chi connectivity index (χ4v) is 2.33. The summed E-state index contributed by atoms with van der Waals surface area (Å²) >= 11 is 0. The Hall–Kier alpha value is -2.37. The maximum Gasteiger partial charge on any atom is 0.325 e. The summed E-state index contributed by atoms with van der Waals surface area (Å²) < 4.78 is 0. The number of nitrogens with one attached hydrogen (secondary N) is 2. The number of carbonyl (C=O) groups excluding carboxylic acids is 2. The fraction of sp³-hybridized carbons (Fsp3) is 0.400. The highest BCUT2D eigenvalue weighted by molar-refractivity contribution is 5.96. The van der Waals surface area contributed by atoms with Gasteiger partial charge in [-0.1, -0.05) is 18.2 Å². The Morgan fingerprint density at radius 1 is 1.43 bits per heavy atom. The predicted molar refractivity (Wildman–Crippen MR) is 76.7 cm³/mol. The largest absolute Gasteiger partial charge is 0.480 e. The van der Waals surface area contributed by atoms with Crippen LogP contribution < -0.4 is 10.6 Å². The number of carboxylic acid groups (broad SMARTS) is 1. The zero-order valence-electron chi connectivity index (χ0n) is 11.8. The zero-order valence-corrected chi connectivity index (χ0v) is 11.8. The number of aliphatic carboxylic acids is 1. The van der Waals surface area contributed by atoms with Crippen molar-refractivity contribution in [3.8, 4) is 0 Å². The second-order valence-corrected chi connectivity index (χ2v) is 5.21. The number of hydrogen-bond donors (Lipinski definition) is 3. The number of anilines is 1. The molecular weight excluding hydrogens is 272 g/mol. The van der Waals surface area contributed by atoms with Gasteiger partial charge >= 0.3 is 5.97 Å². The van der Waals surface area contributed by atoms with Crippen LogP contribution in [0.3, 0.4) is 0 Å². The van der Waals surface area contributed by atoms with Crippen LogP contribution in [0.15, 0.2) is 24.3 Å². The first-order valence-electron chi connectivity index (χ1n) is 6.88. The Kier molecular flexibility index (Phi) is 4.57. The Labute approximate surface area is 122 Å². The van der Waals surface area contributed by atoms with E-state index in [4.69, 9.17) is 5.11 Å². The molecular formula is C15H18N2O4. The van der Waals surface area contributed by atoms with Gasteiger partial charge in [0.25, 0.3) is 0 Å². The summed E-state index contributed by atoms with van der Waals surface area (Å²) in [7, 11) is 0. The van der Waals surface area contributed by atoms with Crippen molar-refractivity contribution in [2.75, 3.05) is 5.32 Å². The zero-order chi connectivity index (χ0) is 15.4. The third-order valence-corrected chi connectivity index (χ3v) is 3.58. The van der Waals surface area contributed by atoms with Gasteiger partial charge in [0.15, 0.2) is 0 Å².